The lowest BCUT2D eigenvalue weighted by Gasteiger charge is -2.23. The van der Waals surface area contributed by atoms with E-state index in [0.717, 1.165) is 24.2 Å². The van der Waals surface area contributed by atoms with Crippen LogP contribution in [0.3, 0.4) is 0 Å². The molecule has 2 aromatic carbocycles. The lowest BCUT2D eigenvalue weighted by molar-refractivity contribution is 0.370. The number of phenolic OH excluding ortho intramolecular Hbond substituents is 1. The maximum absolute atomic E-state index is 13.0. The smallest absolute Gasteiger partial charge is 0.214 e. The summed E-state index contributed by atoms with van der Waals surface area (Å²) in [5.74, 6) is 1.18. The molecule has 1 N–H and O–H groups in total. The van der Waals surface area contributed by atoms with Crippen molar-refractivity contribution in [2.75, 3.05) is 20.0 Å². The number of nitrogens with zero attached hydrogens (tertiary/aromatic N) is 1. The first kappa shape index (κ1) is 22.0. The van der Waals surface area contributed by atoms with Crippen molar-refractivity contribution < 1.29 is 23.0 Å². The van der Waals surface area contributed by atoms with Crippen LogP contribution in [-0.2, 0) is 23.1 Å². The van der Waals surface area contributed by atoms with Gasteiger partial charge in [0.05, 0.1) is 20.0 Å². The molecule has 0 radical (unpaired) electrons. The lowest BCUT2D eigenvalue weighted by atomic mass is 10.2. The number of rotatable bonds is 11. The van der Waals surface area contributed by atoms with Crippen molar-refractivity contribution in [3.05, 3.63) is 53.6 Å². The van der Waals surface area contributed by atoms with E-state index in [0.29, 0.717) is 17.7 Å². The van der Waals surface area contributed by atoms with Crippen LogP contribution in [0.5, 0.6) is 17.2 Å². The summed E-state index contributed by atoms with van der Waals surface area (Å²) in [5.41, 5.74) is 1.57. The fourth-order valence-corrected chi connectivity index (χ4v) is 4.41. The second kappa shape index (κ2) is 10.3. The van der Waals surface area contributed by atoms with Crippen LogP contribution in [0.25, 0.3) is 0 Å². The zero-order valence-corrected chi connectivity index (χ0v) is 17.5. The predicted octanol–water partition coefficient (Wildman–Crippen LogP) is 3.93. The number of ether oxygens (including phenoxy) is 2. The summed E-state index contributed by atoms with van der Waals surface area (Å²) in [6.07, 6.45) is 2.46. The van der Waals surface area contributed by atoms with Crippen LogP contribution in [0.4, 0.5) is 0 Å². The van der Waals surface area contributed by atoms with Crippen molar-refractivity contribution in [2.24, 2.45) is 0 Å². The summed E-state index contributed by atoms with van der Waals surface area (Å²) in [6.45, 7) is 2.48. The third kappa shape index (κ3) is 6.14. The van der Waals surface area contributed by atoms with Gasteiger partial charge in [-0.2, -0.15) is 4.31 Å². The number of unbranched alkanes of at least 4 members (excludes halogenated alkanes) is 2. The molecule has 0 saturated carbocycles. The number of phenols is 1. The van der Waals surface area contributed by atoms with Gasteiger partial charge in [-0.15, -0.1) is 0 Å². The zero-order valence-electron chi connectivity index (χ0n) is 16.7. The second-order valence-corrected chi connectivity index (χ2v) is 8.73. The van der Waals surface area contributed by atoms with Crippen LogP contribution in [0, 0.1) is 0 Å². The monoisotopic (exact) mass is 407 g/mol. The van der Waals surface area contributed by atoms with E-state index in [4.69, 9.17) is 9.47 Å². The Labute approximate surface area is 167 Å². The van der Waals surface area contributed by atoms with Crippen LogP contribution in [0.2, 0.25) is 0 Å². The molecule has 28 heavy (non-hydrogen) atoms. The van der Waals surface area contributed by atoms with Gasteiger partial charge in [0.15, 0.2) is 11.5 Å². The number of sulfonamides is 1. The molecule has 0 saturated heterocycles. The molecule has 0 bridgehead atoms. The Bertz CT molecular complexity index is 850. The predicted molar refractivity (Wildman–Crippen MR) is 110 cm³/mol. The van der Waals surface area contributed by atoms with E-state index in [-0.39, 0.29) is 24.6 Å². The molecule has 0 unspecified atom stereocenters. The SMILES string of the molecule is CCCCCS(=O)(=O)N(Cc1ccc(OC)cc1)Cc1ccc(OC)c(O)c1. The molecule has 0 amide bonds. The Hall–Kier alpha value is -2.25. The highest BCUT2D eigenvalue weighted by Gasteiger charge is 2.23. The zero-order chi connectivity index (χ0) is 20.6. The van der Waals surface area contributed by atoms with Crippen LogP contribution < -0.4 is 9.47 Å². The van der Waals surface area contributed by atoms with E-state index in [1.54, 1.807) is 25.3 Å². The maximum atomic E-state index is 13.0. The van der Waals surface area contributed by atoms with E-state index in [9.17, 15) is 13.5 Å². The van der Waals surface area contributed by atoms with Gasteiger partial charge in [0, 0.05) is 13.1 Å². The molecule has 2 rings (SSSR count). The minimum Gasteiger partial charge on any atom is -0.504 e. The first-order valence-electron chi connectivity index (χ1n) is 9.36. The summed E-state index contributed by atoms with van der Waals surface area (Å²) in [5, 5.41) is 10.0. The Balaban J connectivity index is 2.25. The molecule has 0 aromatic heterocycles. The summed E-state index contributed by atoms with van der Waals surface area (Å²) < 4.78 is 37.6. The Morgan fingerprint density at radius 3 is 2.14 bits per heavy atom. The highest BCUT2D eigenvalue weighted by atomic mass is 32.2. The van der Waals surface area contributed by atoms with Gasteiger partial charge >= 0.3 is 0 Å². The highest BCUT2D eigenvalue weighted by Crippen LogP contribution is 2.28. The Kier molecular flexibility index (Phi) is 8.14. The largest absolute Gasteiger partial charge is 0.504 e. The Morgan fingerprint density at radius 2 is 1.57 bits per heavy atom. The van der Waals surface area contributed by atoms with E-state index < -0.39 is 10.0 Å². The van der Waals surface area contributed by atoms with Crippen molar-refractivity contribution in [3.63, 3.8) is 0 Å². The normalized spacial score (nSPS) is 11.6. The molecule has 0 fully saturated rings. The molecule has 0 aliphatic rings. The molecular weight excluding hydrogens is 378 g/mol. The summed E-state index contributed by atoms with van der Waals surface area (Å²) in [7, 11) is -0.378. The number of benzene rings is 2. The average Bonchev–Trinajstić information content (AvgIpc) is 2.68. The molecule has 154 valence electrons. The molecule has 0 atom stereocenters. The summed E-state index contributed by atoms with van der Waals surface area (Å²) in [6, 6.07) is 12.3. The van der Waals surface area contributed by atoms with E-state index >= 15 is 0 Å². The number of hydrogen-bond acceptors (Lipinski definition) is 5. The van der Waals surface area contributed by atoms with Crippen LogP contribution >= 0.6 is 0 Å². The van der Waals surface area contributed by atoms with E-state index in [1.807, 2.05) is 31.2 Å². The summed E-state index contributed by atoms with van der Waals surface area (Å²) in [4.78, 5) is 0. The van der Waals surface area contributed by atoms with Crippen LogP contribution in [0.1, 0.15) is 37.3 Å². The minimum atomic E-state index is -3.45. The van der Waals surface area contributed by atoms with Gasteiger partial charge in [-0.25, -0.2) is 8.42 Å². The van der Waals surface area contributed by atoms with Crippen LogP contribution in [0.15, 0.2) is 42.5 Å². The quantitative estimate of drug-likeness (QED) is 0.571. The number of methoxy groups -OCH3 is 2. The lowest BCUT2D eigenvalue weighted by Crippen LogP contribution is -2.32. The van der Waals surface area contributed by atoms with Crippen molar-refractivity contribution in [3.8, 4) is 17.2 Å². The third-order valence-electron chi connectivity index (χ3n) is 4.52. The van der Waals surface area contributed by atoms with Gasteiger partial charge in [-0.05, 0) is 41.8 Å². The second-order valence-electron chi connectivity index (χ2n) is 6.65. The highest BCUT2D eigenvalue weighted by molar-refractivity contribution is 7.89. The standard InChI is InChI=1S/C21H29NO5S/c1-4-5-6-13-28(24,25)22(15-17-7-10-19(26-2)11-8-17)16-18-9-12-21(27-3)20(23)14-18/h7-12,14,23H,4-6,13,15-16H2,1-3H3. The van der Waals surface area contributed by atoms with Gasteiger partial charge in [0.25, 0.3) is 0 Å². The van der Waals surface area contributed by atoms with Gasteiger partial charge in [0.1, 0.15) is 5.75 Å². The van der Waals surface area contributed by atoms with Crippen molar-refractivity contribution in [2.45, 2.75) is 39.3 Å². The minimum absolute atomic E-state index is 0.00669. The van der Waals surface area contributed by atoms with Gasteiger partial charge in [-0.3, -0.25) is 0 Å². The van der Waals surface area contributed by atoms with Gasteiger partial charge in [0.2, 0.25) is 10.0 Å². The Morgan fingerprint density at radius 1 is 0.929 bits per heavy atom. The van der Waals surface area contributed by atoms with Crippen molar-refractivity contribution in [1.82, 2.24) is 4.31 Å². The molecule has 7 heteroatoms. The first-order valence-corrected chi connectivity index (χ1v) is 11.0. The molecule has 0 spiro atoms. The molecule has 0 heterocycles. The van der Waals surface area contributed by atoms with Gasteiger partial charge < -0.3 is 14.6 Å². The van der Waals surface area contributed by atoms with E-state index in [2.05, 4.69) is 0 Å². The van der Waals surface area contributed by atoms with Crippen molar-refractivity contribution >= 4 is 10.0 Å². The van der Waals surface area contributed by atoms with E-state index in [1.165, 1.54) is 11.4 Å². The fourth-order valence-electron chi connectivity index (χ4n) is 2.89. The van der Waals surface area contributed by atoms with Crippen LogP contribution in [-0.4, -0.2) is 37.8 Å². The topological polar surface area (TPSA) is 76.1 Å². The third-order valence-corrected chi connectivity index (χ3v) is 6.37. The molecule has 6 nitrogen and oxygen atoms in total. The van der Waals surface area contributed by atoms with Gasteiger partial charge in [-0.1, -0.05) is 38.0 Å². The first-order chi connectivity index (χ1) is 13.4. The maximum Gasteiger partial charge on any atom is 0.214 e. The molecule has 0 aliphatic carbocycles. The molecule has 2 aromatic rings. The van der Waals surface area contributed by atoms with Crippen molar-refractivity contribution in [1.29, 1.82) is 0 Å². The number of hydrogen-bond donors (Lipinski definition) is 1. The number of aromatic hydroxyl groups is 1. The average molecular weight is 408 g/mol. The fraction of sp³-hybridized carbons (Fsp3) is 0.429. The molecular formula is C21H29NO5S. The summed E-state index contributed by atoms with van der Waals surface area (Å²) >= 11 is 0. The molecule has 0 aliphatic heterocycles.